The minimum absolute atomic E-state index is 0.642. The second-order valence-electron chi connectivity index (χ2n) is 3.77. The third kappa shape index (κ3) is 3.19. The van der Waals surface area contributed by atoms with E-state index in [2.05, 4.69) is 6.92 Å². The summed E-state index contributed by atoms with van der Waals surface area (Å²) in [4.78, 5) is 0. The van der Waals surface area contributed by atoms with E-state index in [1.807, 2.05) is 31.2 Å². The second-order valence-corrected chi connectivity index (χ2v) is 6.45. The van der Waals surface area contributed by atoms with Crippen LogP contribution in [-0.2, 0) is 9.09 Å². The second kappa shape index (κ2) is 5.48. The van der Waals surface area contributed by atoms with Gasteiger partial charge < -0.3 is 4.52 Å². The van der Waals surface area contributed by atoms with Crippen molar-refractivity contribution in [1.82, 2.24) is 0 Å². The molecule has 0 heterocycles. The van der Waals surface area contributed by atoms with E-state index in [0.29, 0.717) is 6.16 Å². The summed E-state index contributed by atoms with van der Waals surface area (Å²) < 4.78 is 17.7. The maximum Gasteiger partial charge on any atom is 0.231 e. The zero-order valence-corrected chi connectivity index (χ0v) is 10.6. The maximum absolute atomic E-state index is 12.5. The smallest absolute Gasteiger partial charge is 0.231 e. The van der Waals surface area contributed by atoms with Crippen LogP contribution in [0.5, 0.6) is 0 Å². The van der Waals surface area contributed by atoms with Crippen LogP contribution in [0.25, 0.3) is 0 Å². The molecule has 0 aliphatic heterocycles. The molecular formula is C12H19O2P. The average Bonchev–Trinajstić information content (AvgIpc) is 2.26. The molecule has 0 aliphatic rings. The highest BCUT2D eigenvalue weighted by molar-refractivity contribution is 7.66. The summed E-state index contributed by atoms with van der Waals surface area (Å²) in [6, 6.07) is 7.79. The Kier molecular flexibility index (Phi) is 4.56. The molecule has 0 saturated heterocycles. The minimum Gasteiger partial charge on any atom is -0.329 e. The van der Waals surface area contributed by atoms with Gasteiger partial charge in [-0.1, -0.05) is 31.0 Å². The van der Waals surface area contributed by atoms with Crippen molar-refractivity contribution >= 4 is 12.7 Å². The van der Waals surface area contributed by atoms with Gasteiger partial charge in [0.15, 0.2) is 0 Å². The Balaban J connectivity index is 2.95. The zero-order valence-electron chi connectivity index (χ0n) is 9.69. The molecule has 0 N–H and O–H groups in total. The molecule has 0 spiro atoms. The first-order chi connectivity index (χ1) is 7.12. The molecule has 0 bridgehead atoms. The fraction of sp³-hybridized carbons (Fsp3) is 0.500. The molecule has 1 rings (SSSR count). The summed E-state index contributed by atoms with van der Waals surface area (Å²) in [5.41, 5.74) is 1.13. The van der Waals surface area contributed by atoms with Crippen molar-refractivity contribution in [3.8, 4) is 0 Å². The van der Waals surface area contributed by atoms with Crippen LogP contribution in [0.3, 0.4) is 0 Å². The normalized spacial score (nSPS) is 14.9. The molecule has 3 heteroatoms. The van der Waals surface area contributed by atoms with Gasteiger partial charge in [-0.05, 0) is 25.5 Å². The van der Waals surface area contributed by atoms with Crippen LogP contribution in [0.1, 0.15) is 25.3 Å². The Morgan fingerprint density at radius 1 is 1.40 bits per heavy atom. The fourth-order valence-electron chi connectivity index (χ4n) is 1.53. The minimum atomic E-state index is -2.60. The fourth-order valence-corrected chi connectivity index (χ4v) is 3.63. The van der Waals surface area contributed by atoms with Crippen LogP contribution in [0.2, 0.25) is 0 Å². The number of rotatable bonds is 5. The monoisotopic (exact) mass is 226 g/mol. The van der Waals surface area contributed by atoms with Crippen LogP contribution in [0, 0.1) is 6.92 Å². The SMILES string of the molecule is CCCCP(=O)(OC)c1cccc(C)c1. The standard InChI is InChI=1S/C12H19O2P/c1-4-5-9-15(13,14-3)12-8-6-7-11(2)10-12/h6-8,10H,4-5,9H2,1-3H3. The number of benzene rings is 1. The third-order valence-electron chi connectivity index (χ3n) is 2.50. The molecule has 0 aliphatic carbocycles. The van der Waals surface area contributed by atoms with Crippen molar-refractivity contribution in [2.24, 2.45) is 0 Å². The van der Waals surface area contributed by atoms with Crippen LogP contribution >= 0.6 is 7.37 Å². The van der Waals surface area contributed by atoms with Gasteiger partial charge in [-0.3, -0.25) is 4.57 Å². The highest BCUT2D eigenvalue weighted by Crippen LogP contribution is 2.45. The third-order valence-corrected chi connectivity index (χ3v) is 5.06. The summed E-state index contributed by atoms with van der Waals surface area (Å²) in [5, 5.41) is 0.846. The van der Waals surface area contributed by atoms with Gasteiger partial charge in [0.05, 0.1) is 0 Å². The molecule has 15 heavy (non-hydrogen) atoms. The molecule has 0 radical (unpaired) electrons. The average molecular weight is 226 g/mol. The molecule has 1 unspecified atom stereocenters. The highest BCUT2D eigenvalue weighted by atomic mass is 31.2. The van der Waals surface area contributed by atoms with Gasteiger partial charge in [0.2, 0.25) is 7.37 Å². The van der Waals surface area contributed by atoms with Crippen molar-refractivity contribution in [1.29, 1.82) is 0 Å². The highest BCUT2D eigenvalue weighted by Gasteiger charge is 2.23. The predicted octanol–water partition coefficient (Wildman–Crippen LogP) is 3.34. The molecular weight excluding hydrogens is 207 g/mol. The maximum atomic E-state index is 12.5. The number of hydrogen-bond acceptors (Lipinski definition) is 2. The van der Waals surface area contributed by atoms with Gasteiger partial charge >= 0.3 is 0 Å². The molecule has 0 aromatic heterocycles. The molecule has 1 aromatic carbocycles. The Morgan fingerprint density at radius 3 is 2.67 bits per heavy atom. The number of aryl methyl sites for hydroxylation is 1. The van der Waals surface area contributed by atoms with Crippen molar-refractivity contribution in [2.45, 2.75) is 26.7 Å². The molecule has 1 aromatic rings. The Labute approximate surface area is 92.1 Å². The van der Waals surface area contributed by atoms with Crippen LogP contribution < -0.4 is 5.30 Å². The first kappa shape index (κ1) is 12.5. The van der Waals surface area contributed by atoms with Crippen LogP contribution in [0.4, 0.5) is 0 Å². The van der Waals surface area contributed by atoms with E-state index < -0.39 is 7.37 Å². The van der Waals surface area contributed by atoms with Gasteiger partial charge in [0.1, 0.15) is 0 Å². The summed E-state index contributed by atoms with van der Waals surface area (Å²) >= 11 is 0. The largest absolute Gasteiger partial charge is 0.329 e. The van der Waals surface area contributed by atoms with Gasteiger partial charge in [-0.15, -0.1) is 0 Å². The van der Waals surface area contributed by atoms with Crippen molar-refractivity contribution < 1.29 is 9.09 Å². The number of unbranched alkanes of at least 4 members (excludes halogenated alkanes) is 1. The van der Waals surface area contributed by atoms with Crippen molar-refractivity contribution in [3.05, 3.63) is 29.8 Å². The Bertz CT molecular complexity index is 360. The van der Waals surface area contributed by atoms with Gasteiger partial charge in [0.25, 0.3) is 0 Å². The van der Waals surface area contributed by atoms with E-state index in [1.165, 1.54) is 0 Å². The molecule has 2 nitrogen and oxygen atoms in total. The van der Waals surface area contributed by atoms with E-state index in [1.54, 1.807) is 7.11 Å². The van der Waals surface area contributed by atoms with Gasteiger partial charge in [-0.2, -0.15) is 0 Å². The molecule has 0 amide bonds. The Hall–Kier alpha value is -0.590. The molecule has 1 atom stereocenters. The van der Waals surface area contributed by atoms with E-state index >= 15 is 0 Å². The Morgan fingerprint density at radius 2 is 2.13 bits per heavy atom. The molecule has 84 valence electrons. The summed E-state index contributed by atoms with van der Waals surface area (Å²) in [7, 11) is -1.06. The zero-order chi connectivity index (χ0) is 11.3. The predicted molar refractivity (Wildman–Crippen MR) is 65.2 cm³/mol. The lowest BCUT2D eigenvalue weighted by molar-refractivity contribution is 0.401. The van der Waals surface area contributed by atoms with Crippen LogP contribution in [-0.4, -0.2) is 13.3 Å². The van der Waals surface area contributed by atoms with E-state index in [4.69, 9.17) is 4.52 Å². The molecule has 0 saturated carbocycles. The van der Waals surface area contributed by atoms with E-state index in [-0.39, 0.29) is 0 Å². The topological polar surface area (TPSA) is 26.3 Å². The van der Waals surface area contributed by atoms with Gasteiger partial charge in [0, 0.05) is 18.6 Å². The van der Waals surface area contributed by atoms with Crippen molar-refractivity contribution in [2.75, 3.05) is 13.3 Å². The lowest BCUT2D eigenvalue weighted by atomic mass is 10.2. The summed E-state index contributed by atoms with van der Waals surface area (Å²) in [5.74, 6) is 0. The summed E-state index contributed by atoms with van der Waals surface area (Å²) in [6.07, 6.45) is 2.63. The first-order valence-corrected chi connectivity index (χ1v) is 7.15. The summed E-state index contributed by atoms with van der Waals surface area (Å²) in [6.45, 7) is 4.10. The van der Waals surface area contributed by atoms with Crippen LogP contribution in [0.15, 0.2) is 24.3 Å². The first-order valence-electron chi connectivity index (χ1n) is 5.34. The lowest BCUT2D eigenvalue weighted by Gasteiger charge is -2.16. The van der Waals surface area contributed by atoms with E-state index in [0.717, 1.165) is 23.7 Å². The quantitative estimate of drug-likeness (QED) is 0.720. The van der Waals surface area contributed by atoms with E-state index in [9.17, 15) is 4.57 Å². The van der Waals surface area contributed by atoms with Gasteiger partial charge in [-0.25, -0.2) is 0 Å². The molecule has 0 fully saturated rings. The van der Waals surface area contributed by atoms with Crippen molar-refractivity contribution in [3.63, 3.8) is 0 Å². The number of hydrogen-bond donors (Lipinski definition) is 0. The lowest BCUT2D eigenvalue weighted by Crippen LogP contribution is -2.09.